The minimum Gasteiger partial charge on any atom is -0.396 e. The predicted octanol–water partition coefficient (Wildman–Crippen LogP) is 2.09. The van der Waals surface area contributed by atoms with E-state index in [1.54, 1.807) is 0 Å². The van der Waals surface area contributed by atoms with E-state index in [2.05, 4.69) is 22.4 Å². The molecule has 0 radical (unpaired) electrons. The summed E-state index contributed by atoms with van der Waals surface area (Å²) in [6, 6.07) is 7.57. The summed E-state index contributed by atoms with van der Waals surface area (Å²) in [5.41, 5.74) is 1.29. The number of nitrogens with zero attached hydrogens (tertiary/aromatic N) is 1. The average Bonchev–Trinajstić information content (AvgIpc) is 2.89. The summed E-state index contributed by atoms with van der Waals surface area (Å²) >= 11 is 0. The van der Waals surface area contributed by atoms with E-state index < -0.39 is 0 Å². The summed E-state index contributed by atoms with van der Waals surface area (Å²) in [7, 11) is 0. The number of aromatic nitrogens is 2. The number of H-pyrrole nitrogens is 1. The summed E-state index contributed by atoms with van der Waals surface area (Å²) in [6.45, 7) is 2.84. The maximum absolute atomic E-state index is 12.2. The fraction of sp³-hybridized carbons (Fsp3) is 0.467. The van der Waals surface area contributed by atoms with Crippen LogP contribution in [-0.4, -0.2) is 34.4 Å². The van der Waals surface area contributed by atoms with Crippen molar-refractivity contribution >= 4 is 16.8 Å². The normalized spacial score (nSPS) is 12.5. The molecule has 0 saturated carbocycles. The number of amides is 1. The predicted molar refractivity (Wildman–Crippen MR) is 78.5 cm³/mol. The zero-order valence-corrected chi connectivity index (χ0v) is 11.7. The number of aliphatic hydroxyl groups excluding tert-OH is 1. The van der Waals surface area contributed by atoms with Gasteiger partial charge < -0.3 is 10.4 Å². The largest absolute Gasteiger partial charge is 0.396 e. The van der Waals surface area contributed by atoms with Crippen molar-refractivity contribution in [3.05, 3.63) is 30.0 Å². The van der Waals surface area contributed by atoms with Crippen molar-refractivity contribution in [1.82, 2.24) is 15.5 Å². The van der Waals surface area contributed by atoms with Crippen LogP contribution in [0, 0.1) is 5.92 Å². The van der Waals surface area contributed by atoms with Gasteiger partial charge in [0.25, 0.3) is 5.91 Å². The highest BCUT2D eigenvalue weighted by Gasteiger charge is 2.15. The number of benzene rings is 1. The van der Waals surface area contributed by atoms with E-state index in [-0.39, 0.29) is 12.5 Å². The van der Waals surface area contributed by atoms with Crippen LogP contribution in [0.2, 0.25) is 0 Å². The van der Waals surface area contributed by atoms with E-state index in [4.69, 9.17) is 5.11 Å². The van der Waals surface area contributed by atoms with Crippen LogP contribution in [0.25, 0.3) is 10.9 Å². The number of aliphatic hydroxyl groups is 1. The first-order valence-electron chi connectivity index (χ1n) is 7.08. The lowest BCUT2D eigenvalue weighted by Gasteiger charge is -2.15. The molecule has 3 N–H and O–H groups in total. The molecule has 2 aromatic rings. The fourth-order valence-corrected chi connectivity index (χ4v) is 2.40. The minimum absolute atomic E-state index is 0.159. The maximum Gasteiger partial charge on any atom is 0.272 e. The van der Waals surface area contributed by atoms with Crippen LogP contribution in [0.3, 0.4) is 0 Å². The van der Waals surface area contributed by atoms with Crippen molar-refractivity contribution in [2.24, 2.45) is 5.92 Å². The van der Waals surface area contributed by atoms with Crippen LogP contribution in [-0.2, 0) is 0 Å². The number of fused-ring (bicyclic) bond motifs is 1. The van der Waals surface area contributed by atoms with Gasteiger partial charge in [0, 0.05) is 18.5 Å². The monoisotopic (exact) mass is 275 g/mol. The lowest BCUT2D eigenvalue weighted by molar-refractivity contribution is 0.0939. The number of hydrogen-bond donors (Lipinski definition) is 3. The van der Waals surface area contributed by atoms with Crippen molar-refractivity contribution in [3.8, 4) is 0 Å². The van der Waals surface area contributed by atoms with Gasteiger partial charge in [-0.2, -0.15) is 5.10 Å². The number of carbonyl (C=O) groups is 1. The molecule has 1 unspecified atom stereocenters. The Morgan fingerprint density at radius 1 is 1.40 bits per heavy atom. The van der Waals surface area contributed by atoms with Crippen molar-refractivity contribution in [1.29, 1.82) is 0 Å². The zero-order chi connectivity index (χ0) is 14.4. The fourth-order valence-electron chi connectivity index (χ4n) is 2.40. The van der Waals surface area contributed by atoms with Gasteiger partial charge >= 0.3 is 0 Å². The summed E-state index contributed by atoms with van der Waals surface area (Å²) in [5, 5.41) is 19.7. The molecule has 0 aliphatic rings. The molecule has 0 fully saturated rings. The molecular weight excluding hydrogens is 254 g/mol. The van der Waals surface area contributed by atoms with Gasteiger partial charge in [-0.1, -0.05) is 31.5 Å². The summed E-state index contributed by atoms with van der Waals surface area (Å²) < 4.78 is 0. The second-order valence-corrected chi connectivity index (χ2v) is 4.99. The van der Waals surface area contributed by atoms with Gasteiger partial charge in [0.1, 0.15) is 0 Å². The van der Waals surface area contributed by atoms with E-state index >= 15 is 0 Å². The van der Waals surface area contributed by atoms with Crippen molar-refractivity contribution in [2.75, 3.05) is 13.2 Å². The molecule has 0 aliphatic carbocycles. The van der Waals surface area contributed by atoms with Crippen LogP contribution in [0.15, 0.2) is 24.3 Å². The SMILES string of the molecule is CCCC(CCO)CNC(=O)c1n[nH]c2ccccc12. The Kier molecular flexibility index (Phi) is 5.12. The highest BCUT2D eigenvalue weighted by atomic mass is 16.3. The second kappa shape index (κ2) is 7.05. The first kappa shape index (κ1) is 14.5. The summed E-state index contributed by atoms with van der Waals surface area (Å²) in [6.07, 6.45) is 2.77. The molecule has 1 heterocycles. The molecule has 5 heteroatoms. The first-order valence-corrected chi connectivity index (χ1v) is 7.08. The number of carbonyl (C=O) groups excluding carboxylic acids is 1. The quantitative estimate of drug-likeness (QED) is 0.724. The van der Waals surface area contributed by atoms with E-state index in [0.717, 1.165) is 30.2 Å². The van der Waals surface area contributed by atoms with Gasteiger partial charge in [0.05, 0.1) is 5.52 Å². The lowest BCUT2D eigenvalue weighted by Crippen LogP contribution is -2.30. The van der Waals surface area contributed by atoms with Crippen LogP contribution in [0.5, 0.6) is 0 Å². The topological polar surface area (TPSA) is 78.0 Å². The summed E-state index contributed by atoms with van der Waals surface area (Å²) in [4.78, 5) is 12.2. The smallest absolute Gasteiger partial charge is 0.272 e. The highest BCUT2D eigenvalue weighted by molar-refractivity contribution is 6.04. The molecule has 1 aromatic heterocycles. The molecule has 0 bridgehead atoms. The second-order valence-electron chi connectivity index (χ2n) is 4.99. The highest BCUT2D eigenvalue weighted by Crippen LogP contribution is 2.15. The molecule has 2 rings (SSSR count). The van der Waals surface area contributed by atoms with Gasteiger partial charge in [-0.25, -0.2) is 0 Å². The minimum atomic E-state index is -0.165. The third-order valence-electron chi connectivity index (χ3n) is 3.47. The molecule has 1 amide bonds. The Hall–Kier alpha value is -1.88. The molecular formula is C15H21N3O2. The Morgan fingerprint density at radius 3 is 2.95 bits per heavy atom. The Labute approximate surface area is 118 Å². The molecule has 108 valence electrons. The van der Waals surface area contributed by atoms with Gasteiger partial charge in [-0.05, 0) is 24.8 Å². The average molecular weight is 275 g/mol. The number of hydrogen-bond acceptors (Lipinski definition) is 3. The molecule has 0 aliphatic heterocycles. The van der Waals surface area contributed by atoms with Gasteiger partial charge in [0.2, 0.25) is 0 Å². The molecule has 1 atom stereocenters. The van der Waals surface area contributed by atoms with Crippen LogP contribution >= 0.6 is 0 Å². The van der Waals surface area contributed by atoms with Gasteiger partial charge in [-0.3, -0.25) is 9.89 Å². The first-order chi connectivity index (χ1) is 9.76. The molecule has 20 heavy (non-hydrogen) atoms. The van der Waals surface area contributed by atoms with E-state index in [1.165, 1.54) is 0 Å². The number of rotatable bonds is 7. The summed E-state index contributed by atoms with van der Waals surface area (Å²) in [5.74, 6) is 0.153. The van der Waals surface area contributed by atoms with Gasteiger partial charge in [-0.15, -0.1) is 0 Å². The zero-order valence-electron chi connectivity index (χ0n) is 11.7. The van der Waals surface area contributed by atoms with Crippen LogP contribution in [0.1, 0.15) is 36.7 Å². The third-order valence-corrected chi connectivity index (χ3v) is 3.47. The molecule has 1 aromatic carbocycles. The van der Waals surface area contributed by atoms with Crippen LogP contribution < -0.4 is 5.32 Å². The number of aromatic amines is 1. The number of para-hydroxylation sites is 1. The van der Waals surface area contributed by atoms with Crippen molar-refractivity contribution < 1.29 is 9.90 Å². The Bertz CT molecular complexity index is 559. The van der Waals surface area contributed by atoms with Crippen LogP contribution in [0.4, 0.5) is 0 Å². The molecule has 0 spiro atoms. The van der Waals surface area contributed by atoms with E-state index in [9.17, 15) is 4.79 Å². The maximum atomic E-state index is 12.2. The van der Waals surface area contributed by atoms with Crippen molar-refractivity contribution in [3.63, 3.8) is 0 Å². The van der Waals surface area contributed by atoms with Crippen molar-refractivity contribution in [2.45, 2.75) is 26.2 Å². The van der Waals surface area contributed by atoms with E-state index in [1.807, 2.05) is 24.3 Å². The number of nitrogens with one attached hydrogen (secondary N) is 2. The van der Waals surface area contributed by atoms with E-state index in [0.29, 0.717) is 18.2 Å². The lowest BCUT2D eigenvalue weighted by atomic mass is 10.0. The molecule has 0 saturated heterocycles. The third kappa shape index (κ3) is 3.36. The molecule has 5 nitrogen and oxygen atoms in total. The Balaban J connectivity index is 2.01. The Morgan fingerprint density at radius 2 is 2.20 bits per heavy atom. The van der Waals surface area contributed by atoms with Gasteiger partial charge in [0.15, 0.2) is 5.69 Å². The standard InChI is InChI=1S/C15H21N3O2/c1-2-5-11(8-9-19)10-16-15(20)14-12-6-3-4-7-13(12)17-18-14/h3-4,6-7,11,19H,2,5,8-10H2,1H3,(H,16,20)(H,17,18).